The monoisotopic (exact) mass is 263 g/mol. The second kappa shape index (κ2) is 4.75. The molecule has 0 N–H and O–H groups in total. The standard InChI is InChI=1S/C9H14F5NO2/c1-7(2,5-17-4)15(3)6(16)8(10,11)9(12,13)14/h5H2,1-4H3. The Kier molecular flexibility index (Phi) is 4.50. The molecular weight excluding hydrogens is 249 g/mol. The van der Waals surface area contributed by atoms with E-state index in [4.69, 9.17) is 0 Å². The number of rotatable bonds is 4. The summed E-state index contributed by atoms with van der Waals surface area (Å²) in [5, 5.41) is 0. The van der Waals surface area contributed by atoms with Gasteiger partial charge in [0.05, 0.1) is 12.1 Å². The Morgan fingerprint density at radius 2 is 1.59 bits per heavy atom. The molecule has 0 unspecified atom stereocenters. The summed E-state index contributed by atoms with van der Waals surface area (Å²) in [6, 6.07) is 0. The zero-order chi connectivity index (χ0) is 14.1. The van der Waals surface area contributed by atoms with Crippen molar-refractivity contribution < 1.29 is 31.5 Å². The molecule has 102 valence electrons. The number of halogens is 5. The largest absolute Gasteiger partial charge is 0.463 e. The Balaban J connectivity index is 5.07. The first-order valence-corrected chi connectivity index (χ1v) is 4.59. The molecule has 0 saturated carbocycles. The van der Waals surface area contributed by atoms with Crippen molar-refractivity contribution in [1.29, 1.82) is 0 Å². The van der Waals surface area contributed by atoms with Gasteiger partial charge in [-0.15, -0.1) is 0 Å². The number of ether oxygens (including phenoxy) is 1. The van der Waals surface area contributed by atoms with Gasteiger partial charge in [0.1, 0.15) is 0 Å². The summed E-state index contributed by atoms with van der Waals surface area (Å²) in [6.45, 7) is 2.48. The minimum absolute atomic E-state index is 0.164. The Morgan fingerprint density at radius 3 is 1.88 bits per heavy atom. The van der Waals surface area contributed by atoms with E-state index in [9.17, 15) is 26.7 Å². The average Bonchev–Trinajstić information content (AvgIpc) is 2.13. The topological polar surface area (TPSA) is 29.5 Å². The third-order valence-corrected chi connectivity index (χ3v) is 2.33. The average molecular weight is 263 g/mol. The molecule has 0 spiro atoms. The number of likely N-dealkylation sites (N-methyl/N-ethyl adjacent to an activating group) is 1. The molecule has 3 nitrogen and oxygen atoms in total. The maximum absolute atomic E-state index is 12.8. The van der Waals surface area contributed by atoms with E-state index in [1.165, 1.54) is 21.0 Å². The summed E-state index contributed by atoms with van der Waals surface area (Å²) < 4.78 is 66.2. The van der Waals surface area contributed by atoms with Gasteiger partial charge >= 0.3 is 18.0 Å². The fourth-order valence-electron chi connectivity index (χ4n) is 1.06. The van der Waals surface area contributed by atoms with Crippen molar-refractivity contribution in [3.63, 3.8) is 0 Å². The van der Waals surface area contributed by atoms with Crippen LogP contribution in [0.5, 0.6) is 0 Å². The van der Waals surface area contributed by atoms with Crippen molar-refractivity contribution in [2.75, 3.05) is 20.8 Å². The summed E-state index contributed by atoms with van der Waals surface area (Å²) >= 11 is 0. The minimum atomic E-state index is -5.90. The number of hydrogen-bond donors (Lipinski definition) is 0. The summed E-state index contributed by atoms with van der Waals surface area (Å²) in [5.74, 6) is -7.70. The molecule has 0 radical (unpaired) electrons. The molecule has 17 heavy (non-hydrogen) atoms. The van der Waals surface area contributed by atoms with Gasteiger partial charge in [-0.3, -0.25) is 4.79 Å². The van der Waals surface area contributed by atoms with Crippen LogP contribution in [0.3, 0.4) is 0 Å². The van der Waals surface area contributed by atoms with Crippen molar-refractivity contribution in [2.45, 2.75) is 31.5 Å². The van der Waals surface area contributed by atoms with Crippen molar-refractivity contribution in [2.24, 2.45) is 0 Å². The van der Waals surface area contributed by atoms with Crippen molar-refractivity contribution in [3.05, 3.63) is 0 Å². The summed E-state index contributed by atoms with van der Waals surface area (Å²) in [5.41, 5.74) is -1.26. The molecule has 0 rings (SSSR count). The van der Waals surface area contributed by atoms with Crippen LogP contribution in [-0.4, -0.2) is 49.2 Å². The van der Waals surface area contributed by atoms with Crippen molar-refractivity contribution >= 4 is 5.91 Å². The highest BCUT2D eigenvalue weighted by Crippen LogP contribution is 2.37. The highest BCUT2D eigenvalue weighted by Gasteiger charge is 2.65. The molecule has 0 aliphatic heterocycles. The maximum Gasteiger partial charge on any atom is 0.463 e. The van der Waals surface area contributed by atoms with Crippen LogP contribution in [0, 0.1) is 0 Å². The first-order valence-electron chi connectivity index (χ1n) is 4.59. The van der Waals surface area contributed by atoms with Crippen LogP contribution in [0.15, 0.2) is 0 Å². The van der Waals surface area contributed by atoms with E-state index < -0.39 is 23.5 Å². The van der Waals surface area contributed by atoms with Crippen molar-refractivity contribution in [3.8, 4) is 0 Å². The van der Waals surface area contributed by atoms with Crippen LogP contribution in [-0.2, 0) is 9.53 Å². The summed E-state index contributed by atoms with van der Waals surface area (Å²) in [4.78, 5) is 11.5. The van der Waals surface area contributed by atoms with Crippen LogP contribution < -0.4 is 0 Å². The maximum atomic E-state index is 12.8. The molecule has 0 heterocycles. The van der Waals surface area contributed by atoms with Gasteiger partial charge in [0.2, 0.25) is 0 Å². The number of hydrogen-bond acceptors (Lipinski definition) is 2. The van der Waals surface area contributed by atoms with E-state index >= 15 is 0 Å². The molecule has 0 fully saturated rings. The predicted molar refractivity (Wildman–Crippen MR) is 49.7 cm³/mol. The van der Waals surface area contributed by atoms with Crippen LogP contribution >= 0.6 is 0 Å². The predicted octanol–water partition coefficient (Wildman–Crippen LogP) is 2.07. The SMILES string of the molecule is COCC(C)(C)N(C)C(=O)C(F)(F)C(F)(F)F. The lowest BCUT2D eigenvalue weighted by Crippen LogP contribution is -2.58. The number of amides is 1. The Morgan fingerprint density at radius 1 is 1.18 bits per heavy atom. The van der Waals surface area contributed by atoms with Gasteiger partial charge in [0.15, 0.2) is 0 Å². The number of methoxy groups -OCH3 is 1. The molecular formula is C9H14F5NO2. The molecule has 8 heteroatoms. The van der Waals surface area contributed by atoms with Gasteiger partial charge in [0, 0.05) is 14.2 Å². The molecule has 0 atom stereocenters. The van der Waals surface area contributed by atoms with Gasteiger partial charge in [-0.2, -0.15) is 22.0 Å². The lowest BCUT2D eigenvalue weighted by Gasteiger charge is -2.37. The van der Waals surface area contributed by atoms with E-state index in [2.05, 4.69) is 4.74 Å². The second-order valence-electron chi connectivity index (χ2n) is 4.18. The fraction of sp³-hybridized carbons (Fsp3) is 0.889. The molecule has 0 bridgehead atoms. The number of carbonyl (C=O) groups is 1. The summed E-state index contributed by atoms with van der Waals surface area (Å²) in [6.07, 6.45) is -5.90. The van der Waals surface area contributed by atoms with E-state index in [0.29, 0.717) is 4.90 Å². The second-order valence-corrected chi connectivity index (χ2v) is 4.18. The molecule has 0 aliphatic rings. The van der Waals surface area contributed by atoms with Gasteiger partial charge in [0.25, 0.3) is 0 Å². The smallest absolute Gasteiger partial charge is 0.382 e. The van der Waals surface area contributed by atoms with E-state index in [0.717, 1.165) is 7.05 Å². The van der Waals surface area contributed by atoms with Gasteiger partial charge < -0.3 is 9.64 Å². The molecule has 0 aromatic heterocycles. The normalized spacial score (nSPS) is 13.7. The van der Waals surface area contributed by atoms with Gasteiger partial charge in [-0.25, -0.2) is 0 Å². The Bertz CT molecular complexity index is 288. The third-order valence-electron chi connectivity index (χ3n) is 2.33. The van der Waals surface area contributed by atoms with Crippen molar-refractivity contribution in [1.82, 2.24) is 4.90 Å². The minimum Gasteiger partial charge on any atom is -0.382 e. The molecule has 0 saturated heterocycles. The Labute approximate surface area is 95.5 Å². The van der Waals surface area contributed by atoms with Gasteiger partial charge in [-0.05, 0) is 13.8 Å². The molecule has 0 aliphatic carbocycles. The molecule has 1 amide bonds. The summed E-state index contributed by atoms with van der Waals surface area (Å²) in [7, 11) is 2.13. The fourth-order valence-corrected chi connectivity index (χ4v) is 1.06. The third kappa shape index (κ3) is 3.27. The van der Waals surface area contributed by atoms with E-state index in [1.54, 1.807) is 0 Å². The number of carbonyl (C=O) groups excluding carboxylic acids is 1. The zero-order valence-electron chi connectivity index (χ0n) is 9.86. The molecule has 0 aromatic rings. The molecule has 0 aromatic carbocycles. The van der Waals surface area contributed by atoms with Gasteiger partial charge in [-0.1, -0.05) is 0 Å². The lowest BCUT2D eigenvalue weighted by molar-refractivity contribution is -0.275. The Hall–Kier alpha value is -0.920. The highest BCUT2D eigenvalue weighted by atomic mass is 19.4. The number of nitrogens with zero attached hydrogens (tertiary/aromatic N) is 1. The number of alkyl halides is 5. The van der Waals surface area contributed by atoms with Crippen LogP contribution in [0.2, 0.25) is 0 Å². The van der Waals surface area contributed by atoms with E-state index in [-0.39, 0.29) is 6.61 Å². The first kappa shape index (κ1) is 16.1. The zero-order valence-corrected chi connectivity index (χ0v) is 9.86. The highest BCUT2D eigenvalue weighted by molar-refractivity contribution is 5.84. The van der Waals surface area contributed by atoms with Crippen LogP contribution in [0.1, 0.15) is 13.8 Å². The van der Waals surface area contributed by atoms with Crippen LogP contribution in [0.4, 0.5) is 22.0 Å². The van der Waals surface area contributed by atoms with Crippen LogP contribution in [0.25, 0.3) is 0 Å². The lowest BCUT2D eigenvalue weighted by atomic mass is 10.0. The van der Waals surface area contributed by atoms with E-state index in [1.807, 2.05) is 0 Å². The first-order chi connectivity index (χ1) is 7.38. The quantitative estimate of drug-likeness (QED) is 0.727.